The number of nitrogens with zero attached hydrogens (tertiary/aromatic N) is 2. The van der Waals surface area contributed by atoms with Crippen molar-refractivity contribution in [2.75, 3.05) is 13.1 Å². The number of nitrogens with one attached hydrogen (secondary N) is 1. The lowest BCUT2D eigenvalue weighted by Gasteiger charge is -2.27. The van der Waals surface area contributed by atoms with E-state index in [0.717, 1.165) is 11.1 Å². The lowest BCUT2D eigenvalue weighted by Crippen LogP contribution is -2.38. The van der Waals surface area contributed by atoms with Gasteiger partial charge >= 0.3 is 6.09 Å². The molecule has 0 fully saturated rings. The first-order chi connectivity index (χ1) is 13.3. The maximum absolute atomic E-state index is 12.6. The van der Waals surface area contributed by atoms with E-state index in [9.17, 15) is 9.59 Å². The Kier molecular flexibility index (Phi) is 7.55. The van der Waals surface area contributed by atoms with Crippen LogP contribution in [0.25, 0.3) is 0 Å². The van der Waals surface area contributed by atoms with E-state index in [4.69, 9.17) is 4.74 Å². The molecule has 2 amide bonds. The summed E-state index contributed by atoms with van der Waals surface area (Å²) >= 11 is 0. The highest BCUT2D eigenvalue weighted by Crippen LogP contribution is 2.13. The predicted molar refractivity (Wildman–Crippen MR) is 109 cm³/mol. The van der Waals surface area contributed by atoms with E-state index >= 15 is 0 Å². The van der Waals surface area contributed by atoms with Crippen LogP contribution < -0.4 is 5.32 Å². The minimum absolute atomic E-state index is 0.103. The van der Waals surface area contributed by atoms with Gasteiger partial charge in [-0.15, -0.1) is 0 Å². The van der Waals surface area contributed by atoms with Crippen LogP contribution in [0.2, 0.25) is 0 Å². The van der Waals surface area contributed by atoms with Crippen LogP contribution in [-0.4, -0.2) is 40.6 Å². The molecule has 1 aromatic carbocycles. The number of aryl methyl sites for hydroxylation is 1. The largest absolute Gasteiger partial charge is 0.444 e. The minimum Gasteiger partial charge on any atom is -0.444 e. The van der Waals surface area contributed by atoms with Crippen LogP contribution in [0.15, 0.2) is 48.8 Å². The highest BCUT2D eigenvalue weighted by molar-refractivity contribution is 5.95. The molecule has 28 heavy (non-hydrogen) atoms. The van der Waals surface area contributed by atoms with Crippen molar-refractivity contribution < 1.29 is 14.3 Å². The number of carbonyl (C=O) groups is 2. The van der Waals surface area contributed by atoms with Gasteiger partial charge < -0.3 is 15.0 Å². The van der Waals surface area contributed by atoms with Crippen LogP contribution >= 0.6 is 0 Å². The number of rotatable bonds is 7. The highest BCUT2D eigenvalue weighted by Gasteiger charge is 2.22. The van der Waals surface area contributed by atoms with E-state index in [1.807, 2.05) is 58.0 Å². The molecule has 0 saturated carbocycles. The Morgan fingerprint density at radius 1 is 1.14 bits per heavy atom. The number of aromatic nitrogens is 1. The highest BCUT2D eigenvalue weighted by atomic mass is 16.6. The molecule has 6 heteroatoms. The van der Waals surface area contributed by atoms with Crippen LogP contribution in [0.3, 0.4) is 0 Å². The number of ether oxygens (including phenoxy) is 1. The van der Waals surface area contributed by atoms with E-state index in [1.54, 1.807) is 23.4 Å². The molecule has 0 aliphatic carbocycles. The first-order valence-corrected chi connectivity index (χ1v) is 9.47. The summed E-state index contributed by atoms with van der Waals surface area (Å²) in [5.41, 5.74) is 1.97. The fraction of sp³-hybridized carbons (Fsp3) is 0.409. The van der Waals surface area contributed by atoms with Crippen molar-refractivity contribution in [3.05, 3.63) is 65.5 Å². The van der Waals surface area contributed by atoms with Crippen molar-refractivity contribution in [1.82, 2.24) is 15.2 Å². The molecule has 1 aromatic heterocycles. The van der Waals surface area contributed by atoms with Gasteiger partial charge in [0.25, 0.3) is 5.91 Å². The zero-order valence-electron chi connectivity index (χ0n) is 17.1. The van der Waals surface area contributed by atoms with Gasteiger partial charge in [-0.2, -0.15) is 0 Å². The summed E-state index contributed by atoms with van der Waals surface area (Å²) < 4.78 is 5.51. The van der Waals surface area contributed by atoms with Crippen molar-refractivity contribution in [1.29, 1.82) is 0 Å². The van der Waals surface area contributed by atoms with Gasteiger partial charge in [0.1, 0.15) is 5.60 Å². The van der Waals surface area contributed by atoms with E-state index in [2.05, 4.69) is 10.3 Å². The van der Waals surface area contributed by atoms with E-state index in [1.165, 1.54) is 0 Å². The summed E-state index contributed by atoms with van der Waals surface area (Å²) in [6.45, 7) is 8.79. The minimum atomic E-state index is -0.566. The molecule has 2 aromatic rings. The standard InChI is InChI=1S/C22H29N3O3/c1-17-9-5-6-11-19(17)20(26)24-13-8-14-25(21(27)28-22(2,3)4)16-18-10-7-12-23-15-18/h5-7,9-12,15H,8,13-14,16H2,1-4H3,(H,24,26). The summed E-state index contributed by atoms with van der Waals surface area (Å²) in [4.78, 5) is 30.6. The number of benzene rings is 1. The Bertz CT molecular complexity index is 785. The normalized spacial score (nSPS) is 11.0. The molecule has 1 heterocycles. The summed E-state index contributed by atoms with van der Waals surface area (Å²) in [6.07, 6.45) is 3.68. The Morgan fingerprint density at radius 2 is 1.89 bits per heavy atom. The quantitative estimate of drug-likeness (QED) is 0.735. The van der Waals surface area contributed by atoms with Gasteiger partial charge in [0.05, 0.1) is 6.54 Å². The van der Waals surface area contributed by atoms with Gasteiger partial charge in [-0.3, -0.25) is 9.78 Å². The van der Waals surface area contributed by atoms with Crippen LogP contribution in [-0.2, 0) is 11.3 Å². The molecule has 0 unspecified atom stereocenters. The van der Waals surface area contributed by atoms with Gasteiger partial charge in [-0.1, -0.05) is 24.3 Å². The summed E-state index contributed by atoms with van der Waals surface area (Å²) in [7, 11) is 0. The fourth-order valence-electron chi connectivity index (χ4n) is 2.67. The van der Waals surface area contributed by atoms with Crippen molar-refractivity contribution in [3.63, 3.8) is 0 Å². The molecule has 0 atom stereocenters. The number of amides is 2. The molecule has 0 radical (unpaired) electrons. The SMILES string of the molecule is Cc1ccccc1C(=O)NCCCN(Cc1cccnc1)C(=O)OC(C)(C)C. The summed E-state index contributed by atoms with van der Waals surface area (Å²) in [5.74, 6) is -0.103. The monoisotopic (exact) mass is 383 g/mol. The molecule has 2 rings (SSSR count). The third kappa shape index (κ3) is 7.02. The van der Waals surface area contributed by atoms with Crippen molar-refractivity contribution in [3.8, 4) is 0 Å². The number of pyridine rings is 1. The third-order valence-corrected chi connectivity index (χ3v) is 4.03. The molecule has 0 saturated heterocycles. The van der Waals surface area contributed by atoms with Crippen LogP contribution in [0, 0.1) is 6.92 Å². The van der Waals surface area contributed by atoms with E-state index in [0.29, 0.717) is 31.6 Å². The smallest absolute Gasteiger partial charge is 0.410 e. The molecular formula is C22H29N3O3. The van der Waals surface area contributed by atoms with Crippen molar-refractivity contribution in [2.24, 2.45) is 0 Å². The molecule has 0 aliphatic rings. The molecule has 0 bridgehead atoms. The number of carbonyl (C=O) groups excluding carboxylic acids is 2. The average Bonchev–Trinajstić information content (AvgIpc) is 2.63. The van der Waals surface area contributed by atoms with E-state index < -0.39 is 5.60 Å². The summed E-state index contributed by atoms with van der Waals surface area (Å²) in [5, 5.41) is 2.92. The Labute approximate surface area is 166 Å². The maximum atomic E-state index is 12.6. The average molecular weight is 383 g/mol. The van der Waals surface area contributed by atoms with Crippen LogP contribution in [0.1, 0.15) is 48.7 Å². The first-order valence-electron chi connectivity index (χ1n) is 9.47. The molecule has 6 nitrogen and oxygen atoms in total. The van der Waals surface area contributed by atoms with Crippen molar-refractivity contribution >= 4 is 12.0 Å². The van der Waals surface area contributed by atoms with Gasteiger partial charge in [0.2, 0.25) is 0 Å². The Balaban J connectivity index is 1.91. The van der Waals surface area contributed by atoms with Crippen LogP contribution in [0.4, 0.5) is 4.79 Å². The Morgan fingerprint density at radius 3 is 2.54 bits per heavy atom. The number of hydrogen-bond donors (Lipinski definition) is 1. The van der Waals surface area contributed by atoms with Crippen molar-refractivity contribution in [2.45, 2.75) is 46.3 Å². The van der Waals surface area contributed by atoms with Gasteiger partial charge in [0, 0.05) is 31.0 Å². The summed E-state index contributed by atoms with van der Waals surface area (Å²) in [6, 6.07) is 11.2. The zero-order chi connectivity index (χ0) is 20.6. The molecule has 0 spiro atoms. The first kappa shape index (κ1) is 21.4. The molecular weight excluding hydrogens is 354 g/mol. The molecule has 150 valence electrons. The molecule has 1 N–H and O–H groups in total. The second-order valence-electron chi connectivity index (χ2n) is 7.69. The second kappa shape index (κ2) is 9.88. The Hall–Kier alpha value is -2.89. The maximum Gasteiger partial charge on any atom is 0.410 e. The lowest BCUT2D eigenvalue weighted by atomic mass is 10.1. The topological polar surface area (TPSA) is 71.5 Å². The van der Waals surface area contributed by atoms with Crippen LogP contribution in [0.5, 0.6) is 0 Å². The third-order valence-electron chi connectivity index (χ3n) is 4.03. The molecule has 0 aliphatic heterocycles. The number of hydrogen-bond acceptors (Lipinski definition) is 4. The predicted octanol–water partition coefficient (Wildman–Crippen LogP) is 3.95. The second-order valence-corrected chi connectivity index (χ2v) is 7.69. The van der Waals surface area contributed by atoms with Gasteiger partial charge in [0.15, 0.2) is 0 Å². The van der Waals surface area contributed by atoms with Gasteiger partial charge in [-0.25, -0.2) is 4.79 Å². The fourth-order valence-corrected chi connectivity index (χ4v) is 2.67. The lowest BCUT2D eigenvalue weighted by molar-refractivity contribution is 0.0232. The van der Waals surface area contributed by atoms with Gasteiger partial charge in [-0.05, 0) is 57.4 Å². The zero-order valence-corrected chi connectivity index (χ0v) is 17.1. The van der Waals surface area contributed by atoms with E-state index in [-0.39, 0.29) is 12.0 Å².